The van der Waals surface area contributed by atoms with E-state index in [-0.39, 0.29) is 23.6 Å². The van der Waals surface area contributed by atoms with Gasteiger partial charge in [-0.15, -0.1) is 10.2 Å². The fraction of sp³-hybridized carbons (Fsp3) is 0.375. The number of hydrogen-bond acceptors (Lipinski definition) is 6. The van der Waals surface area contributed by atoms with Crippen LogP contribution in [0.25, 0.3) is 0 Å². The predicted molar refractivity (Wildman–Crippen MR) is 128 cm³/mol. The van der Waals surface area contributed by atoms with E-state index in [0.29, 0.717) is 18.2 Å². The number of carbonyl (C=O) groups excluding carboxylic acids is 1. The molecule has 1 fully saturated rings. The molecule has 0 spiro atoms. The van der Waals surface area contributed by atoms with E-state index in [4.69, 9.17) is 4.74 Å². The van der Waals surface area contributed by atoms with Crippen molar-refractivity contribution in [2.45, 2.75) is 50.5 Å². The first kappa shape index (κ1) is 23.3. The zero-order valence-electron chi connectivity index (χ0n) is 18.6. The Morgan fingerprint density at radius 2 is 1.91 bits per heavy atom. The topological polar surface area (TPSA) is 81.1 Å². The number of aromatic nitrogens is 3. The van der Waals surface area contributed by atoms with Gasteiger partial charge < -0.3 is 19.9 Å². The van der Waals surface area contributed by atoms with Gasteiger partial charge in [-0.25, -0.2) is 4.39 Å². The molecule has 2 aromatic carbocycles. The van der Waals surface area contributed by atoms with Gasteiger partial charge in [-0.1, -0.05) is 30.8 Å². The van der Waals surface area contributed by atoms with Crippen molar-refractivity contribution >= 4 is 29.0 Å². The van der Waals surface area contributed by atoms with Crippen molar-refractivity contribution in [3.63, 3.8) is 0 Å². The van der Waals surface area contributed by atoms with Gasteiger partial charge in [0.2, 0.25) is 5.91 Å². The number of aryl methyl sites for hydroxylation is 1. The molecule has 1 aliphatic heterocycles. The van der Waals surface area contributed by atoms with Crippen molar-refractivity contribution in [1.29, 1.82) is 0 Å². The van der Waals surface area contributed by atoms with Crippen molar-refractivity contribution in [3.8, 4) is 0 Å². The molecule has 7 nitrogen and oxygen atoms in total. The van der Waals surface area contributed by atoms with E-state index < -0.39 is 0 Å². The first-order valence-corrected chi connectivity index (χ1v) is 12.1. The van der Waals surface area contributed by atoms with Gasteiger partial charge in [0.25, 0.3) is 0 Å². The maximum atomic E-state index is 13.2. The molecule has 174 valence electrons. The van der Waals surface area contributed by atoms with Crippen LogP contribution >= 0.6 is 11.8 Å². The Morgan fingerprint density at radius 1 is 1.15 bits per heavy atom. The first-order valence-electron chi connectivity index (χ1n) is 11.2. The lowest BCUT2D eigenvalue weighted by atomic mass is 10.1. The van der Waals surface area contributed by atoms with Gasteiger partial charge in [0.05, 0.1) is 24.9 Å². The summed E-state index contributed by atoms with van der Waals surface area (Å²) < 4.78 is 21.0. The third-order valence-electron chi connectivity index (χ3n) is 5.48. The van der Waals surface area contributed by atoms with Gasteiger partial charge in [0.15, 0.2) is 11.0 Å². The molecule has 1 amide bonds. The molecule has 33 heavy (non-hydrogen) atoms. The number of nitrogens with one attached hydrogen (secondary N) is 2. The van der Waals surface area contributed by atoms with Crippen LogP contribution in [0.15, 0.2) is 53.7 Å². The third kappa shape index (κ3) is 6.55. The van der Waals surface area contributed by atoms with Crippen LogP contribution < -0.4 is 10.6 Å². The van der Waals surface area contributed by atoms with Crippen molar-refractivity contribution in [2.24, 2.45) is 0 Å². The highest BCUT2D eigenvalue weighted by atomic mass is 32.2. The van der Waals surface area contributed by atoms with E-state index in [1.54, 1.807) is 12.1 Å². The fourth-order valence-electron chi connectivity index (χ4n) is 3.63. The molecule has 9 heteroatoms. The molecule has 0 bridgehead atoms. The predicted octanol–water partition coefficient (Wildman–Crippen LogP) is 4.50. The van der Waals surface area contributed by atoms with Crippen molar-refractivity contribution in [1.82, 2.24) is 14.8 Å². The number of hydrogen-bond donors (Lipinski definition) is 2. The molecule has 1 saturated heterocycles. The highest BCUT2D eigenvalue weighted by molar-refractivity contribution is 7.99. The Labute approximate surface area is 197 Å². The monoisotopic (exact) mass is 469 g/mol. The van der Waals surface area contributed by atoms with E-state index in [0.717, 1.165) is 43.1 Å². The molecule has 2 heterocycles. The summed E-state index contributed by atoms with van der Waals surface area (Å²) in [5, 5.41) is 15.5. The van der Waals surface area contributed by atoms with E-state index in [2.05, 4.69) is 27.8 Å². The highest BCUT2D eigenvalue weighted by Crippen LogP contribution is 2.22. The third-order valence-corrected chi connectivity index (χ3v) is 6.44. The number of thioether (sulfide) groups is 1. The van der Waals surface area contributed by atoms with Gasteiger partial charge in [-0.2, -0.15) is 0 Å². The number of amides is 1. The summed E-state index contributed by atoms with van der Waals surface area (Å²) in [4.78, 5) is 12.5. The van der Waals surface area contributed by atoms with Crippen LogP contribution in [-0.2, 0) is 29.0 Å². The quantitative estimate of drug-likeness (QED) is 0.426. The second kappa shape index (κ2) is 11.3. The van der Waals surface area contributed by atoms with Crippen LogP contribution in [-0.4, -0.2) is 39.1 Å². The van der Waals surface area contributed by atoms with Crippen molar-refractivity contribution in [2.75, 3.05) is 23.0 Å². The Bertz CT molecular complexity index is 1050. The van der Waals surface area contributed by atoms with Crippen LogP contribution in [0.4, 0.5) is 15.8 Å². The Morgan fingerprint density at radius 3 is 2.61 bits per heavy atom. The van der Waals surface area contributed by atoms with Crippen LogP contribution in [0.5, 0.6) is 0 Å². The molecule has 1 aromatic heterocycles. The van der Waals surface area contributed by atoms with Crippen LogP contribution in [0.2, 0.25) is 0 Å². The fourth-order valence-corrected chi connectivity index (χ4v) is 4.40. The maximum Gasteiger partial charge on any atom is 0.234 e. The molecule has 2 N–H and O–H groups in total. The molecule has 4 rings (SSSR count). The van der Waals surface area contributed by atoms with Gasteiger partial charge in [0, 0.05) is 18.0 Å². The normalized spacial score (nSPS) is 15.5. The standard InChI is InChI=1S/C24H28FN5O2S/c1-2-17-5-9-20(10-6-17)27-23(31)16-33-24-29-28-22(30(24)15-21-4-3-13-32-21)14-26-19-11-7-18(25)8-12-19/h5-12,21,26H,2-4,13-16H2,1H3,(H,27,31)/t21-/m1/s1. The van der Waals surface area contributed by atoms with Gasteiger partial charge >= 0.3 is 0 Å². The van der Waals surface area contributed by atoms with Crippen LogP contribution in [0, 0.1) is 5.82 Å². The van der Waals surface area contributed by atoms with E-state index in [1.165, 1.54) is 29.5 Å². The van der Waals surface area contributed by atoms with Gasteiger partial charge in [-0.05, 0) is 61.2 Å². The summed E-state index contributed by atoms with van der Waals surface area (Å²) in [6, 6.07) is 14.1. The number of benzene rings is 2. The lowest BCUT2D eigenvalue weighted by Crippen LogP contribution is -2.20. The van der Waals surface area contributed by atoms with E-state index in [1.807, 2.05) is 28.8 Å². The summed E-state index contributed by atoms with van der Waals surface area (Å²) in [6.45, 7) is 3.93. The molecule has 3 aromatic rings. The number of carbonyl (C=O) groups is 1. The second-order valence-corrected chi connectivity index (χ2v) is 8.83. The molecule has 0 saturated carbocycles. The summed E-state index contributed by atoms with van der Waals surface area (Å²) >= 11 is 1.35. The SMILES string of the molecule is CCc1ccc(NC(=O)CSc2nnc(CNc3ccc(F)cc3)n2C[C@H]2CCCO2)cc1. The zero-order chi connectivity index (χ0) is 23.0. The summed E-state index contributed by atoms with van der Waals surface area (Å²) in [7, 11) is 0. The lowest BCUT2D eigenvalue weighted by molar-refractivity contribution is -0.113. The number of rotatable bonds is 10. The molecule has 0 radical (unpaired) electrons. The molecule has 0 unspecified atom stereocenters. The summed E-state index contributed by atoms with van der Waals surface area (Å²) in [5.74, 6) is 0.597. The summed E-state index contributed by atoms with van der Waals surface area (Å²) in [5.41, 5.74) is 2.81. The van der Waals surface area contributed by atoms with E-state index in [9.17, 15) is 9.18 Å². The number of ether oxygens (including phenoxy) is 1. The Balaban J connectivity index is 1.39. The van der Waals surface area contributed by atoms with Crippen molar-refractivity contribution < 1.29 is 13.9 Å². The van der Waals surface area contributed by atoms with E-state index >= 15 is 0 Å². The minimum Gasteiger partial charge on any atom is -0.378 e. The number of anilines is 2. The van der Waals surface area contributed by atoms with Gasteiger partial charge in [-0.3, -0.25) is 4.79 Å². The van der Waals surface area contributed by atoms with Gasteiger partial charge in [0.1, 0.15) is 5.82 Å². The highest BCUT2D eigenvalue weighted by Gasteiger charge is 2.21. The molecule has 1 aliphatic rings. The minimum absolute atomic E-state index is 0.0955. The molecular formula is C24H28FN5O2S. The average molecular weight is 470 g/mol. The minimum atomic E-state index is -0.277. The Hall–Kier alpha value is -2.91. The zero-order valence-corrected chi connectivity index (χ0v) is 19.4. The van der Waals surface area contributed by atoms with Crippen LogP contribution in [0.1, 0.15) is 31.2 Å². The summed E-state index contributed by atoms with van der Waals surface area (Å²) in [6.07, 6.45) is 3.10. The second-order valence-electron chi connectivity index (χ2n) is 7.89. The Kier molecular flexibility index (Phi) is 7.96. The number of nitrogens with zero attached hydrogens (tertiary/aromatic N) is 3. The van der Waals surface area contributed by atoms with Crippen molar-refractivity contribution in [3.05, 3.63) is 65.7 Å². The first-order chi connectivity index (χ1) is 16.1. The molecular weight excluding hydrogens is 441 g/mol. The largest absolute Gasteiger partial charge is 0.378 e. The smallest absolute Gasteiger partial charge is 0.234 e. The lowest BCUT2D eigenvalue weighted by Gasteiger charge is -2.15. The average Bonchev–Trinajstić information content (AvgIpc) is 3.48. The molecule has 0 aliphatic carbocycles. The maximum absolute atomic E-state index is 13.2. The van der Waals surface area contributed by atoms with Crippen LogP contribution in [0.3, 0.4) is 0 Å². The number of halogens is 1. The molecule has 1 atom stereocenters.